The number of rotatable bonds is 2. The first-order valence-corrected chi connectivity index (χ1v) is 8.39. The van der Waals surface area contributed by atoms with Gasteiger partial charge in [0.15, 0.2) is 0 Å². The molecule has 2 nitrogen and oxygen atoms in total. The molecule has 116 valence electrons. The highest BCUT2D eigenvalue weighted by Gasteiger charge is 2.22. The topological polar surface area (TPSA) is 27.8 Å². The van der Waals surface area contributed by atoms with E-state index in [2.05, 4.69) is 83.1 Å². The van der Waals surface area contributed by atoms with E-state index in [0.29, 0.717) is 6.04 Å². The Hall–Kier alpha value is -3.00. The van der Waals surface area contributed by atoms with Crippen LogP contribution < -0.4 is 5.32 Å². The molecule has 0 aliphatic carbocycles. The number of hydrogen-bond donors (Lipinski definition) is 2. The number of hydrogen-bond acceptors (Lipinski definition) is 1. The monoisotopic (exact) mass is 310 g/mol. The molecule has 1 aromatic heterocycles. The Morgan fingerprint density at radius 3 is 2.33 bits per heavy atom. The third-order valence-corrected chi connectivity index (χ3v) is 4.89. The van der Waals surface area contributed by atoms with Gasteiger partial charge in [-0.15, -0.1) is 0 Å². The van der Waals surface area contributed by atoms with Gasteiger partial charge in [-0.1, -0.05) is 60.7 Å². The van der Waals surface area contributed by atoms with Gasteiger partial charge < -0.3 is 10.3 Å². The lowest BCUT2D eigenvalue weighted by Crippen LogP contribution is -2.04. The Morgan fingerprint density at radius 2 is 1.54 bits per heavy atom. The van der Waals surface area contributed by atoms with Gasteiger partial charge in [0.2, 0.25) is 0 Å². The van der Waals surface area contributed by atoms with E-state index in [-0.39, 0.29) is 0 Å². The molecule has 4 aromatic rings. The van der Waals surface area contributed by atoms with Gasteiger partial charge in [0.1, 0.15) is 0 Å². The molecule has 2 N–H and O–H groups in total. The fourth-order valence-electron chi connectivity index (χ4n) is 3.65. The predicted molar refractivity (Wildman–Crippen MR) is 100 cm³/mol. The molecular weight excluding hydrogens is 292 g/mol. The van der Waals surface area contributed by atoms with Gasteiger partial charge in [-0.3, -0.25) is 0 Å². The van der Waals surface area contributed by atoms with Crippen LogP contribution in [0.2, 0.25) is 0 Å². The van der Waals surface area contributed by atoms with E-state index in [4.69, 9.17) is 0 Å². The van der Waals surface area contributed by atoms with E-state index < -0.39 is 0 Å². The summed E-state index contributed by atoms with van der Waals surface area (Å²) in [7, 11) is 0. The normalized spacial score (nSPS) is 16.1. The number of aromatic nitrogens is 1. The van der Waals surface area contributed by atoms with E-state index in [0.717, 1.165) is 6.42 Å². The largest absolute Gasteiger partial charge is 0.378 e. The van der Waals surface area contributed by atoms with Gasteiger partial charge in [0.25, 0.3) is 0 Å². The maximum absolute atomic E-state index is 3.68. The summed E-state index contributed by atoms with van der Waals surface area (Å²) in [5.74, 6) is 0. The van der Waals surface area contributed by atoms with Gasteiger partial charge >= 0.3 is 0 Å². The SMILES string of the molecule is c1ccc(-c2cc3cc4c(cc3[nH]2)CC(c2ccccc2)N4)cc1. The Bertz CT molecular complexity index is 957. The van der Waals surface area contributed by atoms with Crippen molar-refractivity contribution in [1.29, 1.82) is 0 Å². The number of fused-ring (bicyclic) bond motifs is 2. The highest BCUT2D eigenvalue weighted by atomic mass is 14.9. The summed E-state index contributed by atoms with van der Waals surface area (Å²) in [5.41, 5.74) is 7.61. The van der Waals surface area contributed by atoms with Gasteiger partial charge in [-0.05, 0) is 41.3 Å². The van der Waals surface area contributed by atoms with Gasteiger partial charge in [-0.25, -0.2) is 0 Å². The minimum absolute atomic E-state index is 0.376. The molecule has 0 radical (unpaired) electrons. The van der Waals surface area contributed by atoms with Crippen molar-refractivity contribution in [3.05, 3.63) is 90.0 Å². The molecule has 0 fully saturated rings. The lowest BCUT2D eigenvalue weighted by atomic mass is 10.0. The molecule has 0 amide bonds. The van der Waals surface area contributed by atoms with Gasteiger partial charge in [0, 0.05) is 22.3 Å². The van der Waals surface area contributed by atoms with Crippen molar-refractivity contribution in [2.45, 2.75) is 12.5 Å². The number of aromatic amines is 1. The Morgan fingerprint density at radius 1 is 0.792 bits per heavy atom. The van der Waals surface area contributed by atoms with E-state index in [1.165, 1.54) is 39.0 Å². The summed E-state index contributed by atoms with van der Waals surface area (Å²) in [6.07, 6.45) is 1.04. The van der Waals surface area contributed by atoms with Crippen LogP contribution in [-0.2, 0) is 6.42 Å². The second-order valence-corrected chi connectivity index (χ2v) is 6.46. The summed E-state index contributed by atoms with van der Waals surface area (Å²) in [6, 6.07) is 28.4. The number of nitrogens with one attached hydrogen (secondary N) is 2. The first-order valence-electron chi connectivity index (χ1n) is 8.39. The third-order valence-electron chi connectivity index (χ3n) is 4.89. The highest BCUT2D eigenvalue weighted by molar-refractivity contribution is 5.90. The van der Waals surface area contributed by atoms with Crippen LogP contribution in [0.3, 0.4) is 0 Å². The molecule has 0 bridgehead atoms. The zero-order valence-electron chi connectivity index (χ0n) is 13.3. The average molecular weight is 310 g/mol. The van der Waals surface area contributed by atoms with Crippen LogP contribution in [0.25, 0.3) is 22.2 Å². The minimum Gasteiger partial charge on any atom is -0.378 e. The van der Waals surface area contributed by atoms with Crippen molar-refractivity contribution >= 4 is 16.6 Å². The van der Waals surface area contributed by atoms with Gasteiger partial charge in [-0.2, -0.15) is 0 Å². The van der Waals surface area contributed by atoms with Crippen LogP contribution >= 0.6 is 0 Å². The molecule has 2 heterocycles. The molecular formula is C22H18N2. The molecule has 2 heteroatoms. The van der Waals surface area contributed by atoms with E-state index in [1.54, 1.807) is 0 Å². The zero-order chi connectivity index (χ0) is 15.9. The van der Waals surface area contributed by atoms with Crippen LogP contribution in [0.4, 0.5) is 5.69 Å². The lowest BCUT2D eigenvalue weighted by Gasteiger charge is -2.10. The molecule has 1 unspecified atom stereocenters. The van der Waals surface area contributed by atoms with Crippen LogP contribution in [-0.4, -0.2) is 4.98 Å². The van der Waals surface area contributed by atoms with Crippen molar-refractivity contribution in [3.8, 4) is 11.3 Å². The molecule has 1 aliphatic heterocycles. The molecule has 0 spiro atoms. The zero-order valence-corrected chi connectivity index (χ0v) is 13.3. The quantitative estimate of drug-likeness (QED) is 0.499. The number of anilines is 1. The number of H-pyrrole nitrogens is 1. The minimum atomic E-state index is 0.376. The van der Waals surface area contributed by atoms with E-state index in [1.807, 2.05) is 6.07 Å². The molecule has 1 aliphatic rings. The fraction of sp³-hybridized carbons (Fsp3) is 0.0909. The lowest BCUT2D eigenvalue weighted by molar-refractivity contribution is 0.824. The summed E-state index contributed by atoms with van der Waals surface area (Å²) >= 11 is 0. The molecule has 0 saturated carbocycles. The third kappa shape index (κ3) is 2.19. The average Bonchev–Trinajstić information content (AvgIpc) is 3.24. The number of benzene rings is 3. The van der Waals surface area contributed by atoms with Crippen LogP contribution in [0, 0.1) is 0 Å². The van der Waals surface area contributed by atoms with E-state index >= 15 is 0 Å². The maximum Gasteiger partial charge on any atom is 0.0555 e. The highest BCUT2D eigenvalue weighted by Crippen LogP contribution is 2.37. The summed E-state index contributed by atoms with van der Waals surface area (Å²) in [6.45, 7) is 0. The molecule has 3 aromatic carbocycles. The summed E-state index contributed by atoms with van der Waals surface area (Å²) in [5, 5.41) is 4.94. The summed E-state index contributed by atoms with van der Waals surface area (Å²) in [4.78, 5) is 3.57. The predicted octanol–water partition coefficient (Wildman–Crippen LogP) is 5.54. The van der Waals surface area contributed by atoms with Gasteiger partial charge in [0.05, 0.1) is 6.04 Å². The standard InChI is InChI=1S/C22H18N2/c1-3-7-15(8-4-1)19-11-17-13-22-18(14-21(17)23-19)12-20(24-22)16-9-5-2-6-10-16/h1-11,13-14,20,23-24H,12H2. The second kappa shape index (κ2) is 5.27. The first-order chi connectivity index (χ1) is 11.9. The Balaban J connectivity index is 1.52. The van der Waals surface area contributed by atoms with Crippen LogP contribution in [0.15, 0.2) is 78.9 Å². The van der Waals surface area contributed by atoms with Crippen molar-refractivity contribution in [1.82, 2.24) is 4.98 Å². The Kier molecular flexibility index (Phi) is 2.95. The molecule has 1 atom stereocenters. The fourth-order valence-corrected chi connectivity index (χ4v) is 3.65. The van der Waals surface area contributed by atoms with Crippen LogP contribution in [0.1, 0.15) is 17.2 Å². The molecule has 0 saturated heterocycles. The summed E-state index contributed by atoms with van der Waals surface area (Å²) < 4.78 is 0. The van der Waals surface area contributed by atoms with E-state index in [9.17, 15) is 0 Å². The Labute approximate surface area is 141 Å². The van der Waals surface area contributed by atoms with Crippen molar-refractivity contribution in [2.24, 2.45) is 0 Å². The maximum atomic E-state index is 3.68. The second-order valence-electron chi connectivity index (χ2n) is 6.46. The first kappa shape index (κ1) is 13.4. The van der Waals surface area contributed by atoms with Crippen LogP contribution in [0.5, 0.6) is 0 Å². The van der Waals surface area contributed by atoms with Crippen molar-refractivity contribution in [3.63, 3.8) is 0 Å². The van der Waals surface area contributed by atoms with Crippen molar-refractivity contribution in [2.75, 3.05) is 5.32 Å². The smallest absolute Gasteiger partial charge is 0.0555 e. The van der Waals surface area contributed by atoms with Crippen molar-refractivity contribution < 1.29 is 0 Å². The molecule has 24 heavy (non-hydrogen) atoms. The molecule has 5 rings (SSSR count).